The average molecular weight is 219 g/mol. The molecule has 0 aliphatic carbocycles. The molecule has 1 heterocycles. The summed E-state index contributed by atoms with van der Waals surface area (Å²) in [4.78, 5) is 11.2. The van der Waals surface area contributed by atoms with E-state index in [2.05, 4.69) is 25.2 Å². The number of ether oxygens (including phenoxy) is 1. The highest BCUT2D eigenvalue weighted by Gasteiger charge is 2.17. The SMILES string of the molecule is CCC(CC)c1ccc2c(c1)NC(=O)CO2. The van der Waals surface area contributed by atoms with Crippen LogP contribution in [0.1, 0.15) is 38.2 Å². The fourth-order valence-electron chi connectivity index (χ4n) is 2.11. The van der Waals surface area contributed by atoms with Crippen molar-refractivity contribution in [2.45, 2.75) is 32.6 Å². The molecular formula is C13H17NO2. The number of hydrogen-bond donors (Lipinski definition) is 1. The Hall–Kier alpha value is -1.51. The van der Waals surface area contributed by atoms with Gasteiger partial charge in [0.25, 0.3) is 5.91 Å². The van der Waals surface area contributed by atoms with Gasteiger partial charge >= 0.3 is 0 Å². The maximum atomic E-state index is 11.2. The Balaban J connectivity index is 2.30. The zero-order chi connectivity index (χ0) is 11.5. The third-order valence-electron chi connectivity index (χ3n) is 3.09. The first-order chi connectivity index (χ1) is 7.74. The van der Waals surface area contributed by atoms with Gasteiger partial charge in [-0.2, -0.15) is 0 Å². The van der Waals surface area contributed by atoms with Gasteiger partial charge in [-0.05, 0) is 36.5 Å². The Morgan fingerprint density at radius 2 is 2.12 bits per heavy atom. The van der Waals surface area contributed by atoms with E-state index in [0.29, 0.717) is 5.92 Å². The largest absolute Gasteiger partial charge is 0.482 e. The Morgan fingerprint density at radius 3 is 2.81 bits per heavy atom. The normalized spacial score (nSPS) is 14.3. The summed E-state index contributed by atoms with van der Waals surface area (Å²) in [6.45, 7) is 4.49. The number of fused-ring (bicyclic) bond motifs is 1. The maximum Gasteiger partial charge on any atom is 0.262 e. The molecule has 16 heavy (non-hydrogen) atoms. The lowest BCUT2D eigenvalue weighted by atomic mass is 9.93. The molecule has 1 aliphatic rings. The zero-order valence-corrected chi connectivity index (χ0v) is 9.75. The molecule has 1 aromatic carbocycles. The highest BCUT2D eigenvalue weighted by atomic mass is 16.5. The van der Waals surface area contributed by atoms with Crippen LogP contribution < -0.4 is 10.1 Å². The first kappa shape index (κ1) is 11.0. The van der Waals surface area contributed by atoms with Crippen molar-refractivity contribution in [1.82, 2.24) is 0 Å². The summed E-state index contributed by atoms with van der Waals surface area (Å²) in [6.07, 6.45) is 2.23. The minimum Gasteiger partial charge on any atom is -0.482 e. The minimum absolute atomic E-state index is 0.0748. The van der Waals surface area contributed by atoms with E-state index in [-0.39, 0.29) is 12.5 Å². The second-order valence-electron chi connectivity index (χ2n) is 4.11. The highest BCUT2D eigenvalue weighted by molar-refractivity contribution is 5.95. The van der Waals surface area contributed by atoms with E-state index in [4.69, 9.17) is 4.74 Å². The average Bonchev–Trinajstić information content (AvgIpc) is 2.30. The summed E-state index contributed by atoms with van der Waals surface area (Å²) in [5.74, 6) is 1.26. The molecular weight excluding hydrogens is 202 g/mol. The topological polar surface area (TPSA) is 38.3 Å². The van der Waals surface area contributed by atoms with Gasteiger partial charge in [-0.3, -0.25) is 4.79 Å². The second-order valence-corrected chi connectivity index (χ2v) is 4.11. The molecule has 0 atom stereocenters. The Bertz CT molecular complexity index is 397. The molecule has 3 heteroatoms. The van der Waals surface area contributed by atoms with Gasteiger partial charge in [0.2, 0.25) is 0 Å². The summed E-state index contributed by atoms with van der Waals surface area (Å²) < 4.78 is 5.33. The molecule has 1 amide bonds. The monoisotopic (exact) mass is 219 g/mol. The van der Waals surface area contributed by atoms with E-state index in [1.165, 1.54) is 5.56 Å². The van der Waals surface area contributed by atoms with Crippen molar-refractivity contribution in [3.05, 3.63) is 23.8 Å². The molecule has 0 spiro atoms. The van der Waals surface area contributed by atoms with E-state index in [9.17, 15) is 4.79 Å². The molecule has 0 bridgehead atoms. The number of rotatable bonds is 3. The molecule has 1 aliphatic heterocycles. The third kappa shape index (κ3) is 2.03. The standard InChI is InChI=1S/C13H17NO2/c1-3-9(4-2)10-5-6-12-11(7-10)14-13(15)8-16-12/h5-7,9H,3-4,8H2,1-2H3,(H,14,15). The smallest absolute Gasteiger partial charge is 0.262 e. The van der Waals surface area contributed by atoms with Crippen molar-refractivity contribution in [1.29, 1.82) is 0 Å². The Kier molecular flexibility index (Phi) is 3.13. The molecule has 86 valence electrons. The summed E-state index contributed by atoms with van der Waals surface area (Å²) in [7, 11) is 0. The molecule has 0 aromatic heterocycles. The number of anilines is 1. The number of benzene rings is 1. The van der Waals surface area contributed by atoms with Crippen molar-refractivity contribution in [2.75, 3.05) is 11.9 Å². The fraction of sp³-hybridized carbons (Fsp3) is 0.462. The molecule has 0 radical (unpaired) electrons. The van der Waals surface area contributed by atoms with E-state index >= 15 is 0 Å². The molecule has 1 aromatic rings. The highest BCUT2D eigenvalue weighted by Crippen LogP contribution is 2.33. The van der Waals surface area contributed by atoms with Crippen LogP contribution in [0.2, 0.25) is 0 Å². The van der Waals surface area contributed by atoms with Gasteiger partial charge in [0.15, 0.2) is 6.61 Å². The number of nitrogens with one attached hydrogen (secondary N) is 1. The van der Waals surface area contributed by atoms with Crippen LogP contribution in [0, 0.1) is 0 Å². The van der Waals surface area contributed by atoms with Crippen LogP contribution in [-0.4, -0.2) is 12.5 Å². The lowest BCUT2D eigenvalue weighted by Gasteiger charge is -2.20. The van der Waals surface area contributed by atoms with Crippen LogP contribution in [0.3, 0.4) is 0 Å². The summed E-state index contributed by atoms with van der Waals surface area (Å²) in [6, 6.07) is 6.07. The number of carbonyl (C=O) groups excluding carboxylic acids is 1. The number of hydrogen-bond acceptors (Lipinski definition) is 2. The lowest BCUT2D eigenvalue weighted by molar-refractivity contribution is -0.118. The zero-order valence-electron chi connectivity index (χ0n) is 9.75. The van der Waals surface area contributed by atoms with Crippen molar-refractivity contribution in [3.8, 4) is 5.75 Å². The van der Waals surface area contributed by atoms with Crippen LogP contribution in [0.25, 0.3) is 0 Å². The van der Waals surface area contributed by atoms with E-state index in [1.54, 1.807) is 0 Å². The summed E-state index contributed by atoms with van der Waals surface area (Å²) in [5, 5.41) is 2.84. The maximum absolute atomic E-state index is 11.2. The first-order valence-electron chi connectivity index (χ1n) is 5.81. The Morgan fingerprint density at radius 1 is 1.38 bits per heavy atom. The molecule has 1 N–H and O–H groups in total. The van der Waals surface area contributed by atoms with E-state index in [0.717, 1.165) is 24.3 Å². The van der Waals surface area contributed by atoms with Gasteiger partial charge in [0, 0.05) is 0 Å². The predicted octanol–water partition coefficient (Wildman–Crippen LogP) is 2.92. The summed E-state index contributed by atoms with van der Waals surface area (Å²) >= 11 is 0. The van der Waals surface area contributed by atoms with Gasteiger partial charge < -0.3 is 10.1 Å². The van der Waals surface area contributed by atoms with Crippen LogP contribution in [0.15, 0.2) is 18.2 Å². The summed E-state index contributed by atoms with van der Waals surface area (Å²) in [5.41, 5.74) is 2.08. The van der Waals surface area contributed by atoms with Crippen molar-refractivity contribution in [3.63, 3.8) is 0 Å². The Labute approximate surface area is 95.8 Å². The fourth-order valence-corrected chi connectivity index (χ4v) is 2.11. The van der Waals surface area contributed by atoms with Crippen LogP contribution in [0.5, 0.6) is 5.75 Å². The minimum atomic E-state index is -0.0748. The van der Waals surface area contributed by atoms with Gasteiger partial charge in [-0.25, -0.2) is 0 Å². The molecule has 0 saturated carbocycles. The van der Waals surface area contributed by atoms with Gasteiger partial charge in [-0.1, -0.05) is 19.9 Å². The van der Waals surface area contributed by atoms with Gasteiger partial charge in [0.1, 0.15) is 5.75 Å². The molecule has 3 nitrogen and oxygen atoms in total. The molecule has 2 rings (SSSR count). The first-order valence-corrected chi connectivity index (χ1v) is 5.81. The molecule has 0 unspecified atom stereocenters. The van der Waals surface area contributed by atoms with Crippen molar-refractivity contribution < 1.29 is 9.53 Å². The third-order valence-corrected chi connectivity index (χ3v) is 3.09. The van der Waals surface area contributed by atoms with Gasteiger partial charge in [0.05, 0.1) is 5.69 Å². The lowest BCUT2D eigenvalue weighted by Crippen LogP contribution is -2.25. The van der Waals surface area contributed by atoms with E-state index < -0.39 is 0 Å². The van der Waals surface area contributed by atoms with Crippen molar-refractivity contribution in [2.24, 2.45) is 0 Å². The predicted molar refractivity (Wildman–Crippen MR) is 63.9 cm³/mol. The molecule has 0 saturated heterocycles. The van der Waals surface area contributed by atoms with E-state index in [1.807, 2.05) is 12.1 Å². The quantitative estimate of drug-likeness (QED) is 0.848. The second kappa shape index (κ2) is 4.56. The number of amides is 1. The van der Waals surface area contributed by atoms with Crippen LogP contribution >= 0.6 is 0 Å². The van der Waals surface area contributed by atoms with Gasteiger partial charge in [-0.15, -0.1) is 0 Å². The number of carbonyl (C=O) groups is 1. The molecule has 0 fully saturated rings. The van der Waals surface area contributed by atoms with Crippen LogP contribution in [0.4, 0.5) is 5.69 Å². The van der Waals surface area contributed by atoms with Crippen LogP contribution in [-0.2, 0) is 4.79 Å². The van der Waals surface area contributed by atoms with Crippen molar-refractivity contribution >= 4 is 11.6 Å².